The average Bonchev–Trinajstić information content (AvgIpc) is 2.12. The Morgan fingerprint density at radius 1 is 0.833 bits per heavy atom. The van der Waals surface area contributed by atoms with Gasteiger partial charge in [-0.25, -0.2) is 0 Å². The van der Waals surface area contributed by atoms with E-state index in [1.807, 2.05) is 0 Å². The molecular weight excluding hydrogens is 235 g/mol. The van der Waals surface area contributed by atoms with E-state index in [1.54, 1.807) is 5.30 Å². The van der Waals surface area contributed by atoms with Crippen LogP contribution in [0.4, 0.5) is 0 Å². The molecule has 1 aliphatic rings. The zero-order chi connectivity index (χ0) is 13.6. The smallest absolute Gasteiger partial charge is 0.0111 e. The van der Waals surface area contributed by atoms with Crippen molar-refractivity contribution in [1.29, 1.82) is 0 Å². The second-order valence-corrected chi connectivity index (χ2v) is 10.3. The molecular formula is C17H27P. The van der Waals surface area contributed by atoms with Crippen LogP contribution in [0.5, 0.6) is 0 Å². The highest BCUT2D eigenvalue weighted by molar-refractivity contribution is 7.68. The molecule has 1 aromatic rings. The molecule has 0 N–H and O–H groups in total. The van der Waals surface area contributed by atoms with E-state index in [4.69, 9.17) is 0 Å². The summed E-state index contributed by atoms with van der Waals surface area (Å²) in [5.41, 5.74) is 2.67. The fraction of sp³-hybridized carbons (Fsp3) is 0.647. The van der Waals surface area contributed by atoms with Gasteiger partial charge in [0, 0.05) is 0 Å². The molecule has 0 spiro atoms. The summed E-state index contributed by atoms with van der Waals surface area (Å²) in [5, 5.41) is 1.61. The van der Waals surface area contributed by atoms with Crippen LogP contribution in [-0.4, -0.2) is 11.3 Å². The Kier molecular flexibility index (Phi) is 3.63. The lowest BCUT2D eigenvalue weighted by molar-refractivity contribution is 0.279. The molecule has 1 aromatic carbocycles. The third-order valence-electron chi connectivity index (χ3n) is 4.17. The Morgan fingerprint density at radius 3 is 1.67 bits per heavy atom. The second-order valence-electron chi connectivity index (χ2n) is 7.74. The molecule has 0 aromatic heterocycles. The molecule has 1 heteroatoms. The highest BCUT2D eigenvalue weighted by Crippen LogP contribution is 2.68. The van der Waals surface area contributed by atoms with Crippen LogP contribution in [0.1, 0.15) is 48.0 Å². The molecule has 0 bridgehead atoms. The van der Waals surface area contributed by atoms with Gasteiger partial charge in [0.2, 0.25) is 0 Å². The van der Waals surface area contributed by atoms with E-state index in [9.17, 15) is 0 Å². The summed E-state index contributed by atoms with van der Waals surface area (Å²) in [6, 6.07) is 11.2. The van der Waals surface area contributed by atoms with E-state index < -0.39 is 0 Å². The van der Waals surface area contributed by atoms with E-state index in [-0.39, 0.29) is 7.92 Å². The van der Waals surface area contributed by atoms with Crippen LogP contribution in [0.15, 0.2) is 30.3 Å². The molecule has 0 unspecified atom stereocenters. The molecule has 1 saturated heterocycles. The zero-order valence-electron chi connectivity index (χ0n) is 12.7. The summed E-state index contributed by atoms with van der Waals surface area (Å²) in [4.78, 5) is 0. The van der Waals surface area contributed by atoms with E-state index in [0.29, 0.717) is 10.8 Å². The van der Waals surface area contributed by atoms with Crippen LogP contribution < -0.4 is 5.30 Å². The predicted molar refractivity (Wildman–Crippen MR) is 84.1 cm³/mol. The highest BCUT2D eigenvalue weighted by Gasteiger charge is 2.50. The third kappa shape index (κ3) is 2.64. The summed E-state index contributed by atoms with van der Waals surface area (Å²) in [7, 11) is 0.00412. The maximum atomic E-state index is 2.41. The van der Waals surface area contributed by atoms with Gasteiger partial charge in [-0.2, -0.15) is 0 Å². The minimum absolute atomic E-state index is 0.00412. The lowest BCUT2D eigenvalue weighted by Gasteiger charge is -2.56. The van der Waals surface area contributed by atoms with E-state index in [2.05, 4.69) is 71.9 Å². The van der Waals surface area contributed by atoms with Crippen molar-refractivity contribution < 1.29 is 0 Å². The zero-order valence-corrected chi connectivity index (χ0v) is 13.6. The summed E-state index contributed by atoms with van der Waals surface area (Å²) in [5.74, 6) is 0. The third-order valence-corrected chi connectivity index (χ3v) is 8.38. The normalized spacial score (nSPS) is 25.9. The molecule has 2 rings (SSSR count). The van der Waals surface area contributed by atoms with Crippen LogP contribution in [0.25, 0.3) is 0 Å². The van der Waals surface area contributed by atoms with Crippen LogP contribution >= 0.6 is 7.92 Å². The minimum atomic E-state index is 0.00412. The van der Waals surface area contributed by atoms with E-state index in [1.165, 1.54) is 6.42 Å². The summed E-state index contributed by atoms with van der Waals surface area (Å²) in [6.07, 6.45) is 1.41. The van der Waals surface area contributed by atoms with Gasteiger partial charge in [0.05, 0.1) is 0 Å². The molecule has 1 fully saturated rings. The first-order chi connectivity index (χ1) is 8.21. The van der Waals surface area contributed by atoms with Gasteiger partial charge in [0.1, 0.15) is 0 Å². The van der Waals surface area contributed by atoms with Crippen molar-refractivity contribution in [2.24, 2.45) is 10.8 Å². The molecule has 2 atom stereocenters. The van der Waals surface area contributed by atoms with Crippen molar-refractivity contribution in [1.82, 2.24) is 0 Å². The van der Waals surface area contributed by atoms with Crippen LogP contribution in [-0.2, 0) is 0 Å². The topological polar surface area (TPSA) is 0 Å². The van der Waals surface area contributed by atoms with Gasteiger partial charge in [-0.1, -0.05) is 79.8 Å². The van der Waals surface area contributed by atoms with Crippen LogP contribution in [0, 0.1) is 10.8 Å². The van der Waals surface area contributed by atoms with E-state index in [0.717, 1.165) is 11.3 Å². The molecule has 0 saturated carbocycles. The first kappa shape index (κ1) is 14.1. The number of hydrogen-bond acceptors (Lipinski definition) is 0. The van der Waals surface area contributed by atoms with Crippen LogP contribution in [0.3, 0.4) is 0 Å². The molecule has 0 radical (unpaired) electrons. The van der Waals surface area contributed by atoms with Crippen molar-refractivity contribution in [3.8, 4) is 0 Å². The Hall–Kier alpha value is -0.350. The van der Waals surface area contributed by atoms with Crippen molar-refractivity contribution in [3.05, 3.63) is 30.3 Å². The van der Waals surface area contributed by atoms with Crippen molar-refractivity contribution in [3.63, 3.8) is 0 Å². The number of hydrogen-bond donors (Lipinski definition) is 0. The Morgan fingerprint density at radius 2 is 1.28 bits per heavy atom. The van der Waals surface area contributed by atoms with Gasteiger partial charge in [0.25, 0.3) is 0 Å². The Labute approximate surface area is 114 Å². The lowest BCUT2D eigenvalue weighted by atomic mass is 9.81. The molecule has 18 heavy (non-hydrogen) atoms. The number of rotatable bonds is 1. The SMILES string of the molecule is CC(C)(C)[C@H]1C[C@H](C(C)(C)C)P1c1ccccc1. The fourth-order valence-electron chi connectivity index (χ4n) is 3.02. The second kappa shape index (κ2) is 4.64. The van der Waals surface area contributed by atoms with Gasteiger partial charge in [-0.05, 0) is 33.9 Å². The molecule has 1 aliphatic heterocycles. The number of benzene rings is 1. The Balaban J connectivity index is 2.30. The van der Waals surface area contributed by atoms with Crippen molar-refractivity contribution >= 4 is 13.2 Å². The van der Waals surface area contributed by atoms with Gasteiger partial charge in [0.15, 0.2) is 0 Å². The summed E-state index contributed by atoms with van der Waals surface area (Å²) >= 11 is 0. The van der Waals surface area contributed by atoms with Gasteiger partial charge < -0.3 is 0 Å². The van der Waals surface area contributed by atoms with Gasteiger partial charge in [-0.15, -0.1) is 0 Å². The van der Waals surface area contributed by atoms with Crippen molar-refractivity contribution in [2.75, 3.05) is 0 Å². The fourth-order valence-corrected chi connectivity index (χ4v) is 6.84. The Bertz CT molecular complexity index is 374. The van der Waals surface area contributed by atoms with Crippen molar-refractivity contribution in [2.45, 2.75) is 59.3 Å². The first-order valence-electron chi connectivity index (χ1n) is 7.04. The van der Waals surface area contributed by atoms with Gasteiger partial charge >= 0.3 is 0 Å². The maximum absolute atomic E-state index is 2.41. The lowest BCUT2D eigenvalue weighted by Crippen LogP contribution is -2.48. The molecule has 0 aliphatic carbocycles. The predicted octanol–water partition coefficient (Wildman–Crippen LogP) is 5.03. The molecule has 0 nitrogen and oxygen atoms in total. The maximum Gasteiger partial charge on any atom is -0.0111 e. The van der Waals surface area contributed by atoms with Crippen LogP contribution in [0.2, 0.25) is 0 Å². The largest absolute Gasteiger partial charge is 0.0679 e. The molecule has 1 heterocycles. The summed E-state index contributed by atoms with van der Waals surface area (Å²) < 4.78 is 0. The first-order valence-corrected chi connectivity index (χ1v) is 8.52. The molecule has 0 amide bonds. The standard InChI is InChI=1S/C17H27P/c1-16(2,3)14-12-15(17(4,5)6)18(14)13-10-8-7-9-11-13/h7-11,14-15H,12H2,1-6H3/t14-,15-/m1/s1. The molecule has 100 valence electrons. The van der Waals surface area contributed by atoms with E-state index >= 15 is 0 Å². The minimum Gasteiger partial charge on any atom is -0.0679 e. The highest BCUT2D eigenvalue weighted by atomic mass is 31.1. The monoisotopic (exact) mass is 262 g/mol. The summed E-state index contributed by atoms with van der Waals surface area (Å²) in [6.45, 7) is 14.5. The average molecular weight is 262 g/mol. The quantitative estimate of drug-likeness (QED) is 0.623. The van der Waals surface area contributed by atoms with Gasteiger partial charge in [-0.3, -0.25) is 0 Å².